The Hall–Kier alpha value is -2.82. The molecule has 0 saturated heterocycles. The first-order valence-electron chi connectivity index (χ1n) is 6.49. The summed E-state index contributed by atoms with van der Waals surface area (Å²) >= 11 is 0. The lowest BCUT2D eigenvalue weighted by molar-refractivity contribution is -0.114. The van der Waals surface area contributed by atoms with E-state index in [1.54, 1.807) is 19.1 Å². The molecule has 5 heteroatoms. The van der Waals surface area contributed by atoms with Gasteiger partial charge in [0.25, 0.3) is 0 Å². The fraction of sp³-hybridized carbons (Fsp3) is 0.125. The molecule has 0 bridgehead atoms. The second-order valence-electron chi connectivity index (χ2n) is 4.60. The molecule has 0 aliphatic carbocycles. The molecule has 3 N–H and O–H groups in total. The summed E-state index contributed by atoms with van der Waals surface area (Å²) in [5.41, 5.74) is 2.16. The van der Waals surface area contributed by atoms with Gasteiger partial charge in [-0.2, -0.15) is 0 Å². The number of benzene rings is 2. The Morgan fingerprint density at radius 1 is 1.05 bits per heavy atom. The standard InChI is InChI=1S/C16H16N2O3/c1-11-7-8-13(9-14(11)16(20)21)18-15(19)10-17-12-5-3-2-4-6-12/h2-9,17H,10H2,1H3,(H,18,19)(H,20,21). The van der Waals surface area contributed by atoms with Crippen LogP contribution >= 0.6 is 0 Å². The van der Waals surface area contributed by atoms with Crippen molar-refractivity contribution in [1.82, 2.24) is 0 Å². The third-order valence-electron chi connectivity index (χ3n) is 2.98. The molecule has 1 amide bonds. The average molecular weight is 284 g/mol. The van der Waals surface area contributed by atoms with E-state index in [1.165, 1.54) is 6.07 Å². The smallest absolute Gasteiger partial charge is 0.336 e. The largest absolute Gasteiger partial charge is 0.478 e. The van der Waals surface area contributed by atoms with Gasteiger partial charge in [0.1, 0.15) is 0 Å². The molecular weight excluding hydrogens is 268 g/mol. The molecule has 0 saturated carbocycles. The Labute approximate surface area is 122 Å². The van der Waals surface area contributed by atoms with Crippen molar-refractivity contribution in [3.63, 3.8) is 0 Å². The molecule has 0 heterocycles. The number of para-hydroxylation sites is 1. The number of amides is 1. The fourth-order valence-corrected chi connectivity index (χ4v) is 1.87. The zero-order valence-corrected chi connectivity index (χ0v) is 11.6. The number of carboxylic acid groups (broad SMARTS) is 1. The van der Waals surface area contributed by atoms with E-state index in [4.69, 9.17) is 5.11 Å². The molecule has 2 aromatic rings. The van der Waals surface area contributed by atoms with E-state index in [9.17, 15) is 9.59 Å². The third-order valence-corrected chi connectivity index (χ3v) is 2.98. The molecule has 5 nitrogen and oxygen atoms in total. The molecule has 0 unspecified atom stereocenters. The maximum absolute atomic E-state index is 11.8. The number of carbonyl (C=O) groups is 2. The van der Waals surface area contributed by atoms with E-state index in [0.717, 1.165) is 5.69 Å². The van der Waals surface area contributed by atoms with Gasteiger partial charge in [0.15, 0.2) is 0 Å². The summed E-state index contributed by atoms with van der Waals surface area (Å²) in [5.74, 6) is -1.25. The van der Waals surface area contributed by atoms with Gasteiger partial charge in [-0.3, -0.25) is 4.79 Å². The molecule has 0 aliphatic heterocycles. The van der Waals surface area contributed by atoms with Crippen LogP contribution in [0.5, 0.6) is 0 Å². The number of hydrogen-bond acceptors (Lipinski definition) is 3. The third kappa shape index (κ3) is 4.07. The predicted octanol–water partition coefficient (Wildman–Crippen LogP) is 2.74. The minimum atomic E-state index is -1.01. The van der Waals surface area contributed by atoms with Gasteiger partial charge in [0, 0.05) is 11.4 Å². The molecule has 0 spiro atoms. The van der Waals surface area contributed by atoms with Gasteiger partial charge < -0.3 is 15.7 Å². The maximum Gasteiger partial charge on any atom is 0.336 e. The first-order valence-corrected chi connectivity index (χ1v) is 6.49. The Kier molecular flexibility index (Phi) is 4.56. The van der Waals surface area contributed by atoms with Crippen LogP contribution in [0, 0.1) is 6.92 Å². The van der Waals surface area contributed by atoms with Crippen molar-refractivity contribution in [2.24, 2.45) is 0 Å². The summed E-state index contributed by atoms with van der Waals surface area (Å²) in [6.45, 7) is 1.83. The minimum Gasteiger partial charge on any atom is -0.478 e. The zero-order chi connectivity index (χ0) is 15.2. The number of nitrogens with one attached hydrogen (secondary N) is 2. The van der Waals surface area contributed by atoms with Crippen LogP contribution in [0.25, 0.3) is 0 Å². The van der Waals surface area contributed by atoms with Gasteiger partial charge in [-0.15, -0.1) is 0 Å². The lowest BCUT2D eigenvalue weighted by Gasteiger charge is -2.09. The highest BCUT2D eigenvalue weighted by molar-refractivity contribution is 5.96. The van der Waals surface area contributed by atoms with E-state index < -0.39 is 5.97 Å². The van der Waals surface area contributed by atoms with Crippen molar-refractivity contribution in [3.05, 3.63) is 59.7 Å². The number of aromatic carboxylic acids is 1. The first kappa shape index (κ1) is 14.6. The van der Waals surface area contributed by atoms with Gasteiger partial charge in [0.05, 0.1) is 12.1 Å². The fourth-order valence-electron chi connectivity index (χ4n) is 1.87. The summed E-state index contributed by atoms with van der Waals surface area (Å²) in [4.78, 5) is 22.9. The van der Waals surface area contributed by atoms with Crippen LogP contribution in [0.3, 0.4) is 0 Å². The normalized spacial score (nSPS) is 9.95. The Bertz CT molecular complexity index is 654. The highest BCUT2D eigenvalue weighted by atomic mass is 16.4. The van der Waals surface area contributed by atoms with Crippen LogP contribution in [0.4, 0.5) is 11.4 Å². The molecule has 21 heavy (non-hydrogen) atoms. The highest BCUT2D eigenvalue weighted by Gasteiger charge is 2.09. The second-order valence-corrected chi connectivity index (χ2v) is 4.60. The van der Waals surface area contributed by atoms with Gasteiger partial charge >= 0.3 is 5.97 Å². The van der Waals surface area contributed by atoms with Crippen molar-refractivity contribution < 1.29 is 14.7 Å². The predicted molar refractivity (Wildman–Crippen MR) is 81.7 cm³/mol. The highest BCUT2D eigenvalue weighted by Crippen LogP contribution is 2.15. The summed E-state index contributed by atoms with van der Waals surface area (Å²) in [6.07, 6.45) is 0. The van der Waals surface area contributed by atoms with Gasteiger partial charge in [0.2, 0.25) is 5.91 Å². The second kappa shape index (κ2) is 6.56. The van der Waals surface area contributed by atoms with E-state index in [-0.39, 0.29) is 18.0 Å². The number of anilines is 2. The number of aryl methyl sites for hydroxylation is 1. The first-order chi connectivity index (χ1) is 10.1. The Balaban J connectivity index is 1.97. The maximum atomic E-state index is 11.8. The van der Waals surface area contributed by atoms with Crippen LogP contribution in [0.15, 0.2) is 48.5 Å². The molecule has 108 valence electrons. The van der Waals surface area contributed by atoms with E-state index in [0.29, 0.717) is 11.3 Å². The Morgan fingerprint density at radius 3 is 2.43 bits per heavy atom. The van der Waals surface area contributed by atoms with Crippen molar-refractivity contribution in [1.29, 1.82) is 0 Å². The van der Waals surface area contributed by atoms with Crippen molar-refractivity contribution >= 4 is 23.3 Å². The Morgan fingerprint density at radius 2 is 1.76 bits per heavy atom. The van der Waals surface area contributed by atoms with Gasteiger partial charge in [-0.25, -0.2) is 4.79 Å². The lowest BCUT2D eigenvalue weighted by atomic mass is 10.1. The van der Waals surface area contributed by atoms with Crippen LogP contribution in [-0.2, 0) is 4.79 Å². The number of carboxylic acids is 1. The topological polar surface area (TPSA) is 78.4 Å². The van der Waals surface area contributed by atoms with Crippen molar-refractivity contribution in [2.75, 3.05) is 17.2 Å². The summed E-state index contributed by atoms with van der Waals surface area (Å²) in [5, 5.41) is 14.7. The average Bonchev–Trinajstić information content (AvgIpc) is 2.48. The van der Waals surface area contributed by atoms with Crippen LogP contribution < -0.4 is 10.6 Å². The van der Waals surface area contributed by atoms with Crippen molar-refractivity contribution in [3.8, 4) is 0 Å². The van der Waals surface area contributed by atoms with Crippen LogP contribution in [-0.4, -0.2) is 23.5 Å². The number of hydrogen-bond donors (Lipinski definition) is 3. The number of rotatable bonds is 5. The molecule has 0 radical (unpaired) electrons. The zero-order valence-electron chi connectivity index (χ0n) is 11.6. The monoisotopic (exact) mass is 284 g/mol. The summed E-state index contributed by atoms with van der Waals surface area (Å²) < 4.78 is 0. The van der Waals surface area contributed by atoms with Crippen LogP contribution in [0.2, 0.25) is 0 Å². The lowest BCUT2D eigenvalue weighted by Crippen LogP contribution is -2.21. The van der Waals surface area contributed by atoms with E-state index in [1.807, 2.05) is 30.3 Å². The molecular formula is C16H16N2O3. The van der Waals surface area contributed by atoms with Crippen LogP contribution in [0.1, 0.15) is 15.9 Å². The molecule has 2 aromatic carbocycles. The van der Waals surface area contributed by atoms with E-state index in [2.05, 4.69) is 10.6 Å². The molecule has 0 aromatic heterocycles. The SMILES string of the molecule is Cc1ccc(NC(=O)CNc2ccccc2)cc1C(=O)O. The molecule has 0 atom stereocenters. The summed E-state index contributed by atoms with van der Waals surface area (Å²) in [7, 11) is 0. The molecule has 2 rings (SSSR count). The summed E-state index contributed by atoms with van der Waals surface area (Å²) in [6, 6.07) is 14.2. The molecule has 0 fully saturated rings. The number of carbonyl (C=O) groups excluding carboxylic acids is 1. The quantitative estimate of drug-likeness (QED) is 0.789. The minimum absolute atomic E-state index is 0.111. The van der Waals surface area contributed by atoms with Gasteiger partial charge in [-0.05, 0) is 36.8 Å². The molecule has 0 aliphatic rings. The van der Waals surface area contributed by atoms with Crippen molar-refractivity contribution in [2.45, 2.75) is 6.92 Å². The van der Waals surface area contributed by atoms with E-state index >= 15 is 0 Å². The van der Waals surface area contributed by atoms with Gasteiger partial charge in [-0.1, -0.05) is 24.3 Å².